The zero-order chi connectivity index (χ0) is 16.9. The van der Waals surface area contributed by atoms with E-state index in [0.717, 1.165) is 54.8 Å². The summed E-state index contributed by atoms with van der Waals surface area (Å²) >= 11 is 0. The number of rotatable bonds is 6. The molecule has 2 atom stereocenters. The molecule has 2 aromatic rings. The second-order valence-electron chi connectivity index (χ2n) is 6.37. The van der Waals surface area contributed by atoms with Gasteiger partial charge < -0.3 is 15.2 Å². The molecule has 1 saturated heterocycles. The Labute approximate surface area is 143 Å². The summed E-state index contributed by atoms with van der Waals surface area (Å²) in [7, 11) is 0. The second kappa shape index (κ2) is 7.92. The number of ether oxygens (including phenoxy) is 1. The predicted octanol–water partition coefficient (Wildman–Crippen LogP) is 2.35. The number of aromatic nitrogens is 1. The Morgan fingerprint density at radius 1 is 1.29 bits per heavy atom. The highest BCUT2D eigenvalue weighted by Gasteiger charge is 2.26. The van der Waals surface area contributed by atoms with Crippen LogP contribution in [0, 0.1) is 0 Å². The molecule has 1 fully saturated rings. The summed E-state index contributed by atoms with van der Waals surface area (Å²) in [6.07, 6.45) is 2.19. The minimum absolute atomic E-state index is 0.0675. The molecule has 1 aromatic carbocycles. The monoisotopic (exact) mass is 329 g/mol. The molecular formula is C19H27N3O2. The van der Waals surface area contributed by atoms with Gasteiger partial charge in [-0.15, -0.1) is 0 Å². The average molecular weight is 329 g/mol. The van der Waals surface area contributed by atoms with Crippen molar-refractivity contribution in [3.63, 3.8) is 0 Å². The maximum absolute atomic E-state index is 11.0. The van der Waals surface area contributed by atoms with E-state index in [0.29, 0.717) is 6.61 Å². The van der Waals surface area contributed by atoms with Gasteiger partial charge in [0.05, 0.1) is 12.7 Å². The van der Waals surface area contributed by atoms with Gasteiger partial charge in [-0.1, -0.05) is 19.1 Å². The SMILES string of the molecule is CCCOc1ccc(C(O)C(C)N2CCNCC2)c2cccnc12. The lowest BCUT2D eigenvalue weighted by atomic mass is 9.97. The van der Waals surface area contributed by atoms with Gasteiger partial charge in [0.25, 0.3) is 0 Å². The summed E-state index contributed by atoms with van der Waals surface area (Å²) < 4.78 is 5.82. The molecule has 2 heterocycles. The van der Waals surface area contributed by atoms with Crippen molar-refractivity contribution in [1.29, 1.82) is 0 Å². The molecule has 0 radical (unpaired) electrons. The summed E-state index contributed by atoms with van der Waals surface area (Å²) in [5, 5.41) is 15.3. The van der Waals surface area contributed by atoms with Crippen molar-refractivity contribution in [3.8, 4) is 5.75 Å². The molecule has 24 heavy (non-hydrogen) atoms. The maximum atomic E-state index is 11.0. The first-order valence-corrected chi connectivity index (χ1v) is 8.85. The first-order valence-electron chi connectivity index (χ1n) is 8.85. The number of aliphatic hydroxyl groups is 1. The third-order valence-corrected chi connectivity index (χ3v) is 4.73. The van der Waals surface area contributed by atoms with E-state index >= 15 is 0 Å². The molecule has 0 spiro atoms. The molecule has 0 bridgehead atoms. The van der Waals surface area contributed by atoms with Gasteiger partial charge in [0.15, 0.2) is 0 Å². The molecule has 5 nitrogen and oxygen atoms in total. The highest BCUT2D eigenvalue weighted by atomic mass is 16.5. The summed E-state index contributed by atoms with van der Waals surface area (Å²) in [5.41, 5.74) is 1.75. The number of hydrogen-bond acceptors (Lipinski definition) is 5. The molecule has 3 rings (SSSR count). The smallest absolute Gasteiger partial charge is 0.145 e. The highest BCUT2D eigenvalue weighted by Crippen LogP contribution is 2.32. The Kier molecular flexibility index (Phi) is 5.66. The fourth-order valence-corrected chi connectivity index (χ4v) is 3.30. The predicted molar refractivity (Wildman–Crippen MR) is 96.4 cm³/mol. The number of nitrogens with zero attached hydrogens (tertiary/aromatic N) is 2. The van der Waals surface area contributed by atoms with Crippen LogP contribution in [0.2, 0.25) is 0 Å². The van der Waals surface area contributed by atoms with Crippen LogP contribution in [0.15, 0.2) is 30.5 Å². The standard InChI is InChI=1S/C19H27N3O2/c1-3-13-24-17-7-6-16(15-5-4-8-21-18(15)17)19(23)14(2)22-11-9-20-10-12-22/h4-8,14,19-20,23H,3,9-13H2,1-2H3. The second-order valence-corrected chi connectivity index (χ2v) is 6.37. The van der Waals surface area contributed by atoms with Crippen LogP contribution in [0.25, 0.3) is 10.9 Å². The van der Waals surface area contributed by atoms with Crippen molar-refractivity contribution >= 4 is 10.9 Å². The summed E-state index contributed by atoms with van der Waals surface area (Å²) in [6, 6.07) is 7.92. The van der Waals surface area contributed by atoms with Crippen molar-refractivity contribution in [3.05, 3.63) is 36.0 Å². The third-order valence-electron chi connectivity index (χ3n) is 4.73. The lowest BCUT2D eigenvalue weighted by Gasteiger charge is -2.35. The third kappa shape index (κ3) is 3.53. The van der Waals surface area contributed by atoms with Gasteiger partial charge in [0.2, 0.25) is 0 Å². The molecule has 2 N–H and O–H groups in total. The molecule has 1 aromatic heterocycles. The van der Waals surface area contributed by atoms with Gasteiger partial charge in [-0.25, -0.2) is 0 Å². The number of fused-ring (bicyclic) bond motifs is 1. The molecule has 1 aliphatic heterocycles. The van der Waals surface area contributed by atoms with Crippen LogP contribution in [0.4, 0.5) is 0 Å². The van der Waals surface area contributed by atoms with Gasteiger partial charge >= 0.3 is 0 Å². The Morgan fingerprint density at radius 3 is 2.83 bits per heavy atom. The van der Waals surface area contributed by atoms with Gasteiger partial charge in [0, 0.05) is 43.8 Å². The van der Waals surface area contributed by atoms with Crippen LogP contribution in [0.3, 0.4) is 0 Å². The van der Waals surface area contributed by atoms with Crippen LogP contribution in [-0.2, 0) is 0 Å². The quantitative estimate of drug-likeness (QED) is 0.852. The number of aliphatic hydroxyl groups excluding tert-OH is 1. The molecule has 2 unspecified atom stereocenters. The summed E-state index contributed by atoms with van der Waals surface area (Å²) in [4.78, 5) is 6.83. The van der Waals surface area contributed by atoms with Crippen molar-refractivity contribution in [2.75, 3.05) is 32.8 Å². The van der Waals surface area contributed by atoms with Crippen molar-refractivity contribution in [1.82, 2.24) is 15.2 Å². The number of benzene rings is 1. The maximum Gasteiger partial charge on any atom is 0.145 e. The number of pyridine rings is 1. The van der Waals surface area contributed by atoms with E-state index in [1.165, 1.54) is 0 Å². The number of piperazine rings is 1. The van der Waals surface area contributed by atoms with Gasteiger partial charge in [0.1, 0.15) is 11.3 Å². The van der Waals surface area contributed by atoms with Crippen molar-refractivity contribution in [2.45, 2.75) is 32.4 Å². The van der Waals surface area contributed by atoms with E-state index < -0.39 is 6.10 Å². The van der Waals surface area contributed by atoms with E-state index in [1.54, 1.807) is 6.20 Å². The molecule has 130 valence electrons. The normalized spacial score (nSPS) is 18.5. The van der Waals surface area contributed by atoms with Gasteiger partial charge in [-0.05, 0) is 31.0 Å². The van der Waals surface area contributed by atoms with E-state index in [4.69, 9.17) is 4.74 Å². The van der Waals surface area contributed by atoms with E-state index in [9.17, 15) is 5.11 Å². The Morgan fingerprint density at radius 2 is 2.08 bits per heavy atom. The zero-order valence-corrected chi connectivity index (χ0v) is 14.5. The van der Waals surface area contributed by atoms with Crippen LogP contribution < -0.4 is 10.1 Å². The number of hydrogen-bond donors (Lipinski definition) is 2. The zero-order valence-electron chi connectivity index (χ0n) is 14.5. The molecule has 5 heteroatoms. The number of nitrogens with one attached hydrogen (secondary N) is 1. The lowest BCUT2D eigenvalue weighted by molar-refractivity contribution is 0.0518. The van der Waals surface area contributed by atoms with Crippen LogP contribution in [-0.4, -0.2) is 53.8 Å². The Hall–Kier alpha value is -1.69. The Balaban J connectivity index is 1.91. The Bertz CT molecular complexity index is 671. The molecule has 0 aliphatic carbocycles. The molecule has 0 amide bonds. The average Bonchev–Trinajstić information content (AvgIpc) is 2.65. The molecule has 0 saturated carbocycles. The molecule has 1 aliphatic rings. The van der Waals surface area contributed by atoms with E-state index in [2.05, 4.69) is 29.0 Å². The van der Waals surface area contributed by atoms with Crippen LogP contribution in [0.1, 0.15) is 31.9 Å². The summed E-state index contributed by atoms with van der Waals surface area (Å²) in [6.45, 7) is 8.73. The van der Waals surface area contributed by atoms with E-state index in [-0.39, 0.29) is 6.04 Å². The highest BCUT2D eigenvalue weighted by molar-refractivity contribution is 5.87. The van der Waals surface area contributed by atoms with Crippen LogP contribution in [0.5, 0.6) is 5.75 Å². The fraction of sp³-hybridized carbons (Fsp3) is 0.526. The van der Waals surface area contributed by atoms with E-state index in [1.807, 2.05) is 24.3 Å². The first kappa shape index (κ1) is 17.1. The van der Waals surface area contributed by atoms with Gasteiger partial charge in [-0.3, -0.25) is 9.88 Å². The fourth-order valence-electron chi connectivity index (χ4n) is 3.30. The minimum atomic E-state index is -0.546. The minimum Gasteiger partial charge on any atom is -0.491 e. The molecular weight excluding hydrogens is 302 g/mol. The van der Waals surface area contributed by atoms with Crippen molar-refractivity contribution in [2.24, 2.45) is 0 Å². The summed E-state index contributed by atoms with van der Waals surface area (Å²) in [5.74, 6) is 0.790. The lowest BCUT2D eigenvalue weighted by Crippen LogP contribution is -2.49. The first-order chi connectivity index (χ1) is 11.7. The topological polar surface area (TPSA) is 57.6 Å². The van der Waals surface area contributed by atoms with Gasteiger partial charge in [-0.2, -0.15) is 0 Å². The van der Waals surface area contributed by atoms with Crippen molar-refractivity contribution < 1.29 is 9.84 Å². The van der Waals surface area contributed by atoms with Crippen LogP contribution >= 0.6 is 0 Å². The largest absolute Gasteiger partial charge is 0.491 e.